The molecule has 0 amide bonds. The van der Waals surface area contributed by atoms with Crippen molar-refractivity contribution in [3.05, 3.63) is 116 Å². The normalized spacial score (nSPS) is 43.2. The van der Waals surface area contributed by atoms with Crippen LogP contribution in [0.25, 0.3) is 0 Å². The average Bonchev–Trinajstić information content (AvgIpc) is 0.658. The smallest absolute Gasteiger partial charge is 0.161 e. The number of Topliss-reactive ketones (excluding diaryl/α,β-unsaturated/α-hetero) is 5. The highest BCUT2D eigenvalue weighted by Gasteiger charge is 2.45. The van der Waals surface area contributed by atoms with E-state index in [4.69, 9.17) is 138 Å². The zero-order chi connectivity index (χ0) is 143. The number of nitrogens with zero attached hydrogens (tertiary/aromatic N) is 5. The zero-order valence-electron chi connectivity index (χ0n) is 134. The summed E-state index contributed by atoms with van der Waals surface area (Å²) < 4.78 is 604. The van der Waals surface area contributed by atoms with E-state index in [1.54, 1.807) is 27.7 Å². The molecule has 12 unspecified atom stereocenters. The van der Waals surface area contributed by atoms with Gasteiger partial charge in [0, 0.05) is 213 Å². The maximum Gasteiger partial charge on any atom is 0.161 e. The number of carbonyl (C=O) groups excluding carboxylic acids is 5. The van der Waals surface area contributed by atoms with Gasteiger partial charge >= 0.3 is 0 Å². The van der Waals surface area contributed by atoms with E-state index < -0.39 is 418 Å². The minimum absolute atomic E-state index is 0.0283. The molecule has 15 rings (SSSR count). The van der Waals surface area contributed by atoms with Crippen LogP contribution in [0.5, 0.6) is 57.5 Å². The Morgan fingerprint density at radius 3 is 1.26 bits per heavy atom. The maximum absolute atomic E-state index is 13.9. The molecule has 0 spiro atoms. The zero-order valence-corrected chi connectivity index (χ0v) is 66.5. The van der Waals surface area contributed by atoms with E-state index in [1.165, 1.54) is 0 Å². The molecule has 20 heteroatoms. The molecule has 0 bridgehead atoms. The number of hydrogen-bond acceptors (Lipinski definition) is 20. The first-order chi connectivity index (χ1) is 81.9. The molecular formula is C97H139N5O15. The molecule has 20 nitrogen and oxygen atoms in total. The van der Waals surface area contributed by atoms with E-state index in [9.17, 15) is 25.3 Å². The summed E-state index contributed by atoms with van der Waals surface area (Å²) in [4.78, 5) is 70.6. The van der Waals surface area contributed by atoms with E-state index in [1.807, 2.05) is 13.8 Å². The molecule has 10 aliphatic rings. The standard InChI is InChI=1S/2C20H29NO3.3C19H27NO3/c2*1-5-13(2)8-15-12-21-7-6-14-9-19(23-3)20(24-4)10-16(14)17(21)11-18(15)22;3*1-12(2)7-14-11-20-6-5-13-8-18(22-3)19(23-4)9-15(13)16(20)10-17(14)21/h2*9-10,13,15,17H,5-8,11-12H2,1-4H3;3*8-9,12,14,16H,5-7,10-11H2,1-4H3/i2D3,3D3,5D2,8D2,9D,10D,11D2,12D2,13D,15D;2D3,3D3,5D2,6D2,7D2,8D2,9D,10D,13D,17D;3D3,8D,9D,10D2,11D2,14D;3D3,5D2,6D2,10D2,14D,16D;3D3,5D2,6D2,8D,9D,16D. The second-order valence-corrected chi connectivity index (χ2v) is 28.7. The maximum atomic E-state index is 13.9. The van der Waals surface area contributed by atoms with Crippen molar-refractivity contribution in [2.24, 2.45) is 59.1 Å². The highest BCUT2D eigenvalue weighted by molar-refractivity contribution is 5.86. The van der Waals surface area contributed by atoms with Crippen LogP contribution in [-0.2, 0) is 55.9 Å². The van der Waals surface area contributed by atoms with Crippen LogP contribution < -0.4 is 47.4 Å². The van der Waals surface area contributed by atoms with Gasteiger partial charge in [-0.2, -0.15) is 0 Å². The highest BCUT2D eigenvalue weighted by atomic mass is 16.5. The quantitative estimate of drug-likeness (QED) is 0.0634. The van der Waals surface area contributed by atoms with E-state index >= 15 is 0 Å². The summed E-state index contributed by atoms with van der Waals surface area (Å²) in [5.41, 5.74) is -4.48. The number of benzene rings is 5. The van der Waals surface area contributed by atoms with Gasteiger partial charge in [-0.05, 0) is 210 Å². The lowest BCUT2D eigenvalue weighted by Gasteiger charge is -2.43. The van der Waals surface area contributed by atoms with Gasteiger partial charge in [-0.1, -0.05) is 81.8 Å². The minimum Gasteiger partial charge on any atom is -0.493 e. The molecule has 5 fully saturated rings. The predicted octanol–water partition coefficient (Wildman–Crippen LogP) is 17.0. The van der Waals surface area contributed by atoms with Crippen molar-refractivity contribution in [3.63, 3.8) is 0 Å². The van der Waals surface area contributed by atoms with Crippen molar-refractivity contribution >= 4 is 28.9 Å². The number of ether oxygens (including phenoxy) is 10. The molecule has 117 heavy (non-hydrogen) atoms. The summed E-state index contributed by atoms with van der Waals surface area (Å²) in [5.74, 6) is -31.3. The second kappa shape index (κ2) is 41.0. The molecule has 10 aliphatic heterocycles. The number of carbonyl (C=O) groups is 5. The predicted molar refractivity (Wildman–Crippen MR) is 460 cm³/mol. The number of fused-ring (bicyclic) bond motifs is 15. The topological polar surface area (TPSA) is 194 Å². The minimum atomic E-state index is -4.21. The first-order valence-electron chi connectivity index (χ1n) is 70.5. The summed E-state index contributed by atoms with van der Waals surface area (Å²) in [6.45, 7) is -14.1. The molecule has 5 saturated heterocycles. The Labute approximate surface area is 793 Å². The van der Waals surface area contributed by atoms with Crippen LogP contribution in [0.2, 0.25) is 0 Å². The molecule has 0 aliphatic carbocycles. The van der Waals surface area contributed by atoms with Crippen LogP contribution >= 0.6 is 0 Å². The lowest BCUT2D eigenvalue weighted by molar-refractivity contribution is -0.130. The number of ketones is 5. The van der Waals surface area contributed by atoms with Crippen LogP contribution in [0.1, 0.15) is 323 Å². The molecule has 0 N–H and O–H groups in total. The third kappa shape index (κ3) is 21.0. The van der Waals surface area contributed by atoms with Gasteiger partial charge in [0.25, 0.3) is 0 Å². The Kier molecular flexibility index (Phi) is 12.9. The fraction of sp³-hybridized carbons (Fsp3) is 0.639. The summed E-state index contributed by atoms with van der Waals surface area (Å²) in [7, 11) is -9.87. The van der Waals surface area contributed by atoms with Crippen molar-refractivity contribution in [1.82, 2.24) is 24.5 Å². The van der Waals surface area contributed by atoms with E-state index in [0.717, 1.165) is 57.5 Å². The Morgan fingerprint density at radius 1 is 0.410 bits per heavy atom. The summed E-state index contributed by atoms with van der Waals surface area (Å²) in [5, 5.41) is 0. The third-order valence-corrected chi connectivity index (χ3v) is 19.5. The van der Waals surface area contributed by atoms with Crippen molar-refractivity contribution in [2.45, 2.75) is 208 Å². The van der Waals surface area contributed by atoms with Crippen molar-refractivity contribution < 1.29 is 163 Å². The largest absolute Gasteiger partial charge is 0.493 e. The first-order valence-corrected chi connectivity index (χ1v) is 37.0. The van der Waals surface area contributed by atoms with E-state index in [2.05, 4.69) is 0 Å². The molecule has 5 aromatic carbocycles. The Balaban J connectivity index is 0.000000214. The SMILES string of the molecule is [2H]C([2H])([2H])Oc1cc2c(cc1OC)C1([2H])N(CC([2H])(CC(C)C)C(=O)C1([2H])[2H])C([2H])([2H])C2([2H])[2H].[2H]c1c(OC)c(OC([2H])([2H])[2H])c([2H])c2c1C1([2H])CC(=O)C(C([2H])([2H])C([2H])(C([2H])([2H])[2H])C([2H])([2H])C)CN1C([2H])([2H])C2([2H])[2H].[2H]c1c(OC)c(OC([2H])([2H])[2H])c([2H])c2c1C1([2H])CC(=O)C(CC(C)C)CN1C([2H])([2H])C2([2H])[2H].[2H]c1c2c(c([2H])c(OC)c1OC([2H])([2H])[2H])C1N(CC2)C([2H])([2H])C([2H])(C([2H])([2H])C([2H])(C([2H])([2H])[2H])C([2H])([2H])C)C(=O)C1([2H])[2H].[2H]c1c2c(c([2H])c(OC)c1OC([2H])([2H])[2H])C1N(CC2)C([2H])([2H])C([2H])(CC(C)C)C(=O)C1([2H])[2H]. The molecule has 5 aromatic rings. The van der Waals surface area contributed by atoms with Crippen molar-refractivity contribution in [3.8, 4) is 57.5 Å². The van der Waals surface area contributed by atoms with Gasteiger partial charge in [-0.15, -0.1) is 0 Å². The fourth-order valence-corrected chi connectivity index (χ4v) is 14.0. The lowest BCUT2D eigenvalue weighted by atomic mass is 9.79. The van der Waals surface area contributed by atoms with Gasteiger partial charge < -0.3 is 47.4 Å². The molecule has 642 valence electrons. The van der Waals surface area contributed by atoms with E-state index in [0.29, 0.717) is 35.0 Å². The lowest BCUT2D eigenvalue weighted by Crippen LogP contribution is -2.46. The molecule has 12 atom stereocenters. The van der Waals surface area contributed by atoms with Gasteiger partial charge in [0.05, 0.1) is 106 Å². The summed E-state index contributed by atoms with van der Waals surface area (Å²) >= 11 is 0. The van der Waals surface area contributed by atoms with Gasteiger partial charge in [0.2, 0.25) is 0 Å². The third-order valence-electron chi connectivity index (χ3n) is 19.5. The van der Waals surface area contributed by atoms with Crippen LogP contribution in [0.15, 0.2) is 60.5 Å². The average molecular weight is 1680 g/mol. The Morgan fingerprint density at radius 2 is 0.795 bits per heavy atom. The molecule has 10 heterocycles. The summed E-state index contributed by atoms with van der Waals surface area (Å²) in [6, 6.07) is -15.3. The van der Waals surface area contributed by atoms with Crippen molar-refractivity contribution in [1.29, 1.82) is 0 Å². The number of rotatable bonds is 22. The monoisotopic (exact) mass is 1680 g/mol. The number of piperidine rings is 5. The van der Waals surface area contributed by atoms with Crippen molar-refractivity contribution in [2.75, 3.05) is 136 Å². The molecule has 0 saturated carbocycles. The molecule has 0 radical (unpaired) electrons. The van der Waals surface area contributed by atoms with Gasteiger partial charge in [0.15, 0.2) is 57.5 Å². The van der Waals surface area contributed by atoms with Gasteiger partial charge in [0.1, 0.15) is 28.9 Å². The molecule has 0 aromatic heterocycles. The van der Waals surface area contributed by atoms with Crippen LogP contribution in [0, 0.1) is 59.1 Å². The second-order valence-electron chi connectivity index (χ2n) is 28.7. The Hall–Kier alpha value is -7.75. The highest BCUT2D eigenvalue weighted by Crippen LogP contribution is 2.49. The first kappa shape index (κ1) is 36.9. The van der Waals surface area contributed by atoms with Crippen LogP contribution in [-0.4, -0.2) is 189 Å². The van der Waals surface area contributed by atoms with E-state index in [-0.39, 0.29) is 78.3 Å². The fourth-order valence-electron chi connectivity index (χ4n) is 14.0. The van der Waals surface area contributed by atoms with Crippen LogP contribution in [0.4, 0.5) is 0 Å². The Bertz CT molecular complexity index is 7500. The van der Waals surface area contributed by atoms with Gasteiger partial charge in [-0.25, -0.2) is 0 Å². The van der Waals surface area contributed by atoms with Gasteiger partial charge in [-0.3, -0.25) is 48.5 Å². The number of hydrogen-bond donors (Lipinski definition) is 0. The number of methoxy groups -OCH3 is 10. The molecular weight excluding hydrogens is 1480 g/mol. The van der Waals surface area contributed by atoms with Crippen LogP contribution in [0.3, 0.4) is 0 Å². The number of aryl methyl sites for hydroxylation is 1. The summed E-state index contributed by atoms with van der Waals surface area (Å²) in [6.07, 6.45) is -34.7.